The molecule has 1 aromatic heterocycles. The fraction of sp³-hybridized carbons (Fsp3) is 0.407. The highest BCUT2D eigenvalue weighted by Crippen LogP contribution is 2.27. The number of hydrogen-bond acceptors (Lipinski definition) is 3. The van der Waals surface area contributed by atoms with Gasteiger partial charge in [-0.1, -0.05) is 48.5 Å². The number of aryl methyl sites for hydroxylation is 1. The highest BCUT2D eigenvalue weighted by atomic mass is 19.1. The third-order valence-electron chi connectivity index (χ3n) is 6.59. The Morgan fingerprint density at radius 2 is 1.82 bits per heavy atom. The average molecular weight is 449 g/mol. The van der Waals surface area contributed by atoms with Crippen LogP contribution < -0.4 is 5.32 Å². The lowest BCUT2D eigenvalue weighted by molar-refractivity contribution is -0.116. The molecule has 3 aromatic rings. The molecule has 0 unspecified atom stereocenters. The summed E-state index contributed by atoms with van der Waals surface area (Å²) in [6.45, 7) is 4.04. The summed E-state index contributed by atoms with van der Waals surface area (Å²) in [4.78, 5) is 14.9. The SMILES string of the molecule is C[C@H](Cc1ccccc1F)N1CCC(n2nccc2NC(=O)CCCc2ccccc2)CC1. The normalized spacial score (nSPS) is 15.9. The van der Waals surface area contributed by atoms with Gasteiger partial charge in [-0.05, 0) is 56.2 Å². The van der Waals surface area contributed by atoms with Gasteiger partial charge in [0.25, 0.3) is 0 Å². The van der Waals surface area contributed by atoms with Gasteiger partial charge in [0.1, 0.15) is 11.6 Å². The first-order valence-corrected chi connectivity index (χ1v) is 11.9. The summed E-state index contributed by atoms with van der Waals surface area (Å²) in [6, 6.07) is 19.7. The highest BCUT2D eigenvalue weighted by molar-refractivity contribution is 5.89. The van der Waals surface area contributed by atoms with Crippen LogP contribution in [0, 0.1) is 5.82 Å². The predicted octanol–water partition coefficient (Wildman–Crippen LogP) is 5.25. The Kier molecular flexibility index (Phi) is 7.89. The minimum Gasteiger partial charge on any atom is -0.311 e. The van der Waals surface area contributed by atoms with Crippen molar-refractivity contribution in [2.45, 2.75) is 57.5 Å². The molecule has 2 heterocycles. The number of anilines is 1. The van der Waals surface area contributed by atoms with E-state index in [9.17, 15) is 9.18 Å². The van der Waals surface area contributed by atoms with Crippen molar-refractivity contribution in [2.24, 2.45) is 0 Å². The molecular formula is C27H33FN4O. The molecule has 1 atom stereocenters. The van der Waals surface area contributed by atoms with Crippen molar-refractivity contribution < 1.29 is 9.18 Å². The van der Waals surface area contributed by atoms with Gasteiger partial charge in [0.05, 0.1) is 12.2 Å². The van der Waals surface area contributed by atoms with Crippen molar-refractivity contribution in [3.8, 4) is 0 Å². The van der Waals surface area contributed by atoms with Crippen molar-refractivity contribution in [3.05, 3.63) is 83.8 Å². The molecular weight excluding hydrogens is 415 g/mol. The van der Waals surface area contributed by atoms with Crippen LogP contribution in [0.25, 0.3) is 0 Å². The minimum absolute atomic E-state index is 0.0311. The average Bonchev–Trinajstić information content (AvgIpc) is 3.29. The van der Waals surface area contributed by atoms with Gasteiger partial charge < -0.3 is 10.2 Å². The highest BCUT2D eigenvalue weighted by Gasteiger charge is 2.26. The van der Waals surface area contributed by atoms with Crippen LogP contribution in [0.3, 0.4) is 0 Å². The smallest absolute Gasteiger partial charge is 0.225 e. The quantitative estimate of drug-likeness (QED) is 0.486. The molecule has 1 amide bonds. The number of carbonyl (C=O) groups excluding carboxylic acids is 1. The van der Waals surface area contributed by atoms with Gasteiger partial charge in [0.2, 0.25) is 5.91 Å². The number of rotatable bonds is 9. The lowest BCUT2D eigenvalue weighted by atomic mass is 10.00. The molecule has 0 bridgehead atoms. The van der Waals surface area contributed by atoms with Gasteiger partial charge >= 0.3 is 0 Å². The maximum atomic E-state index is 14.0. The van der Waals surface area contributed by atoms with E-state index in [1.807, 2.05) is 41.1 Å². The number of nitrogens with one attached hydrogen (secondary N) is 1. The van der Waals surface area contributed by atoms with Gasteiger partial charge in [0, 0.05) is 31.6 Å². The Bertz CT molecular complexity index is 1030. The summed E-state index contributed by atoms with van der Waals surface area (Å²) < 4.78 is 16.0. The first-order chi connectivity index (χ1) is 16.1. The summed E-state index contributed by atoms with van der Waals surface area (Å²) in [5, 5.41) is 7.56. The number of hydrogen-bond donors (Lipinski definition) is 1. The second-order valence-electron chi connectivity index (χ2n) is 8.96. The van der Waals surface area contributed by atoms with E-state index in [0.717, 1.165) is 50.2 Å². The van der Waals surface area contributed by atoms with Crippen molar-refractivity contribution >= 4 is 11.7 Å². The number of aromatic nitrogens is 2. The van der Waals surface area contributed by atoms with Crippen LogP contribution in [0.2, 0.25) is 0 Å². The van der Waals surface area contributed by atoms with Gasteiger partial charge in [-0.2, -0.15) is 5.10 Å². The molecule has 1 aliphatic heterocycles. The lowest BCUT2D eigenvalue weighted by Crippen LogP contribution is -2.41. The number of likely N-dealkylation sites (tertiary alicyclic amines) is 1. The van der Waals surface area contributed by atoms with E-state index in [-0.39, 0.29) is 23.8 Å². The fourth-order valence-electron chi connectivity index (χ4n) is 4.69. The molecule has 0 spiro atoms. The first-order valence-electron chi connectivity index (χ1n) is 11.9. The number of carbonyl (C=O) groups is 1. The zero-order valence-corrected chi connectivity index (χ0v) is 19.3. The van der Waals surface area contributed by atoms with E-state index in [2.05, 4.69) is 34.4 Å². The Labute approximate surface area is 195 Å². The minimum atomic E-state index is -0.125. The molecule has 4 rings (SSSR count). The summed E-state index contributed by atoms with van der Waals surface area (Å²) in [5.74, 6) is 0.682. The molecule has 33 heavy (non-hydrogen) atoms. The molecule has 0 radical (unpaired) electrons. The third kappa shape index (κ3) is 6.29. The molecule has 5 nitrogen and oxygen atoms in total. The molecule has 1 aliphatic rings. The van der Waals surface area contributed by atoms with Crippen molar-refractivity contribution in [3.63, 3.8) is 0 Å². The van der Waals surface area contributed by atoms with Crippen LogP contribution in [-0.4, -0.2) is 39.7 Å². The van der Waals surface area contributed by atoms with Crippen LogP contribution in [0.4, 0.5) is 10.2 Å². The van der Waals surface area contributed by atoms with Crippen LogP contribution in [0.5, 0.6) is 0 Å². The number of nitrogens with zero attached hydrogens (tertiary/aromatic N) is 3. The monoisotopic (exact) mass is 448 g/mol. The molecule has 174 valence electrons. The van der Waals surface area contributed by atoms with Gasteiger partial charge in [-0.25, -0.2) is 9.07 Å². The number of halogens is 1. The zero-order chi connectivity index (χ0) is 23.0. The van der Waals surface area contributed by atoms with Gasteiger partial charge in [-0.3, -0.25) is 4.79 Å². The van der Waals surface area contributed by atoms with Gasteiger partial charge in [-0.15, -0.1) is 0 Å². The standard InChI is InChI=1S/C27H33FN4O/c1-21(20-23-11-5-6-12-25(23)28)31-18-15-24(16-19-31)32-26(14-17-29-32)30-27(33)13-7-10-22-8-3-2-4-9-22/h2-6,8-9,11-12,14,17,21,24H,7,10,13,15-16,18-20H2,1H3,(H,30,33)/t21-/m1/s1. The summed E-state index contributed by atoms with van der Waals surface area (Å²) >= 11 is 0. The van der Waals surface area contributed by atoms with Crippen molar-refractivity contribution in [1.29, 1.82) is 0 Å². The first kappa shape index (κ1) is 23.2. The molecule has 0 aliphatic carbocycles. The molecule has 1 saturated heterocycles. The topological polar surface area (TPSA) is 50.2 Å². The Morgan fingerprint density at radius 3 is 2.58 bits per heavy atom. The van der Waals surface area contributed by atoms with Crippen LogP contribution in [-0.2, 0) is 17.6 Å². The molecule has 0 saturated carbocycles. The molecule has 2 aromatic carbocycles. The van der Waals surface area contributed by atoms with E-state index in [1.165, 1.54) is 11.6 Å². The van der Waals surface area contributed by atoms with Crippen molar-refractivity contribution in [1.82, 2.24) is 14.7 Å². The summed E-state index contributed by atoms with van der Waals surface area (Å²) in [7, 11) is 0. The third-order valence-corrected chi connectivity index (χ3v) is 6.59. The van der Waals surface area contributed by atoms with Gasteiger partial charge in [0.15, 0.2) is 0 Å². The number of benzene rings is 2. The molecule has 1 N–H and O–H groups in total. The zero-order valence-electron chi connectivity index (χ0n) is 19.3. The largest absolute Gasteiger partial charge is 0.311 e. The Morgan fingerprint density at radius 1 is 1.09 bits per heavy atom. The summed E-state index contributed by atoms with van der Waals surface area (Å²) in [6.07, 6.45) is 6.60. The van der Waals surface area contributed by atoms with E-state index < -0.39 is 0 Å². The summed E-state index contributed by atoms with van der Waals surface area (Å²) in [5.41, 5.74) is 2.03. The van der Waals surface area contributed by atoms with Crippen LogP contribution in [0.15, 0.2) is 66.9 Å². The van der Waals surface area contributed by atoms with Crippen molar-refractivity contribution in [2.75, 3.05) is 18.4 Å². The van der Waals surface area contributed by atoms with E-state index >= 15 is 0 Å². The second-order valence-corrected chi connectivity index (χ2v) is 8.96. The maximum absolute atomic E-state index is 14.0. The molecule has 6 heteroatoms. The second kappa shape index (κ2) is 11.2. The number of amides is 1. The fourth-order valence-corrected chi connectivity index (χ4v) is 4.69. The predicted molar refractivity (Wildman–Crippen MR) is 130 cm³/mol. The molecule has 1 fully saturated rings. The Balaban J connectivity index is 1.25. The van der Waals surface area contributed by atoms with E-state index in [1.54, 1.807) is 12.3 Å². The lowest BCUT2D eigenvalue weighted by Gasteiger charge is -2.36. The number of piperidine rings is 1. The Hall–Kier alpha value is -2.99. The maximum Gasteiger partial charge on any atom is 0.225 e. The van der Waals surface area contributed by atoms with E-state index in [0.29, 0.717) is 12.8 Å². The van der Waals surface area contributed by atoms with E-state index in [4.69, 9.17) is 0 Å². The van der Waals surface area contributed by atoms with Crippen LogP contribution >= 0.6 is 0 Å². The van der Waals surface area contributed by atoms with Crippen LogP contribution in [0.1, 0.15) is 49.8 Å².